The third-order valence-corrected chi connectivity index (χ3v) is 7.16. The minimum absolute atomic E-state index is 0.263. The highest BCUT2D eigenvalue weighted by molar-refractivity contribution is 5.82. The number of esters is 1. The van der Waals surface area contributed by atoms with Gasteiger partial charge in [0.05, 0.1) is 31.0 Å². The monoisotopic (exact) mass is 580 g/mol. The molecule has 0 aromatic heterocycles. The second-order valence-electron chi connectivity index (χ2n) is 10.6. The maximum Gasteiger partial charge on any atom is 0.331 e. The standard InChI is InChI=1S/C30H44O11/c1-19-11-5-2-9-15-22-26(34)23(40-22)17-20(32)12-6-3-7-13-21(14-8-4-10-16-25(33)38-19)39-30-29(37)28(36)27(35)24(18-31)41-30/h3-4,6-10,13,15-16,19-24,26-32,34-37H,2,5,11-12,14,17-18H2,1H3/t19-,20+,21+,22+,23-,24-,26+,27-,28+,29-,30-/m1/s1. The van der Waals surface area contributed by atoms with E-state index in [9.17, 15) is 35.4 Å². The molecule has 4 heterocycles. The molecule has 0 unspecified atom stereocenters. The fourth-order valence-electron chi connectivity index (χ4n) is 4.71. The van der Waals surface area contributed by atoms with Gasteiger partial charge in [-0.3, -0.25) is 0 Å². The highest BCUT2D eigenvalue weighted by Crippen LogP contribution is 2.27. The molecule has 11 nitrogen and oxygen atoms in total. The number of hydrogen-bond donors (Lipinski definition) is 6. The Balaban J connectivity index is 1.67. The Morgan fingerprint density at radius 1 is 0.878 bits per heavy atom. The minimum Gasteiger partial charge on any atom is -0.460 e. The van der Waals surface area contributed by atoms with Gasteiger partial charge in [0.1, 0.15) is 36.6 Å². The molecule has 4 rings (SSSR count). The van der Waals surface area contributed by atoms with Crippen molar-refractivity contribution in [3.05, 3.63) is 60.8 Å². The molecule has 230 valence electrons. The first-order valence-electron chi connectivity index (χ1n) is 14.2. The number of hydrogen-bond acceptors (Lipinski definition) is 11. The number of ether oxygens (including phenoxy) is 4. The highest BCUT2D eigenvalue weighted by atomic mass is 16.7. The molecule has 4 aliphatic rings. The summed E-state index contributed by atoms with van der Waals surface area (Å²) < 4.78 is 22.4. The van der Waals surface area contributed by atoms with Crippen molar-refractivity contribution in [3.63, 3.8) is 0 Å². The number of allylic oxidation sites excluding steroid dienone is 5. The van der Waals surface area contributed by atoms with Gasteiger partial charge in [0.25, 0.3) is 0 Å². The Hall–Kier alpha value is -2.19. The van der Waals surface area contributed by atoms with E-state index in [0.717, 1.165) is 12.8 Å². The molecule has 0 radical (unpaired) electrons. The van der Waals surface area contributed by atoms with Crippen molar-refractivity contribution in [1.29, 1.82) is 0 Å². The van der Waals surface area contributed by atoms with E-state index in [1.165, 1.54) is 6.08 Å². The van der Waals surface area contributed by atoms with E-state index in [4.69, 9.17) is 18.9 Å². The van der Waals surface area contributed by atoms with Crippen LogP contribution in [0.3, 0.4) is 0 Å². The van der Waals surface area contributed by atoms with Crippen molar-refractivity contribution in [3.8, 4) is 0 Å². The van der Waals surface area contributed by atoms with E-state index in [-0.39, 0.29) is 6.10 Å². The number of carbonyl (C=O) groups is 1. The largest absolute Gasteiger partial charge is 0.460 e. The molecule has 0 amide bonds. The number of rotatable bonds is 3. The predicted octanol–water partition coefficient (Wildman–Crippen LogP) is 0.728. The lowest BCUT2D eigenvalue weighted by Crippen LogP contribution is -2.59. The van der Waals surface area contributed by atoms with Gasteiger partial charge < -0.3 is 49.6 Å². The summed E-state index contributed by atoms with van der Waals surface area (Å²) in [6.07, 6.45) is 9.88. The summed E-state index contributed by atoms with van der Waals surface area (Å²) in [4.78, 5) is 12.1. The fraction of sp³-hybridized carbons (Fsp3) is 0.633. The molecule has 0 aromatic rings. The second-order valence-corrected chi connectivity index (χ2v) is 10.6. The Bertz CT molecular complexity index is 943. The Morgan fingerprint density at radius 2 is 1.63 bits per heavy atom. The summed E-state index contributed by atoms with van der Waals surface area (Å²) in [5, 5.41) is 60.6. The third-order valence-electron chi connectivity index (χ3n) is 7.16. The van der Waals surface area contributed by atoms with Crippen LogP contribution in [-0.4, -0.2) is 111 Å². The molecular formula is C30H44O11. The van der Waals surface area contributed by atoms with Crippen molar-refractivity contribution in [2.75, 3.05) is 6.61 Å². The molecule has 2 fully saturated rings. The first-order chi connectivity index (χ1) is 19.7. The van der Waals surface area contributed by atoms with Gasteiger partial charge in [-0.15, -0.1) is 0 Å². The van der Waals surface area contributed by atoms with Crippen LogP contribution in [0.1, 0.15) is 45.4 Å². The van der Waals surface area contributed by atoms with E-state index in [1.807, 2.05) is 19.1 Å². The maximum absolute atomic E-state index is 12.1. The van der Waals surface area contributed by atoms with Gasteiger partial charge >= 0.3 is 5.97 Å². The van der Waals surface area contributed by atoms with Crippen LogP contribution in [0.4, 0.5) is 0 Å². The Morgan fingerprint density at radius 3 is 2.39 bits per heavy atom. The average molecular weight is 581 g/mol. The molecule has 2 bridgehead atoms. The molecule has 0 aliphatic carbocycles. The third kappa shape index (κ3) is 10.5. The van der Waals surface area contributed by atoms with Gasteiger partial charge in [0.15, 0.2) is 6.29 Å². The maximum atomic E-state index is 12.1. The van der Waals surface area contributed by atoms with Crippen LogP contribution >= 0.6 is 0 Å². The van der Waals surface area contributed by atoms with Crippen LogP contribution in [0, 0.1) is 0 Å². The van der Waals surface area contributed by atoms with Gasteiger partial charge in [-0.25, -0.2) is 4.79 Å². The van der Waals surface area contributed by atoms with E-state index >= 15 is 0 Å². The molecule has 41 heavy (non-hydrogen) atoms. The van der Waals surface area contributed by atoms with Gasteiger partial charge in [-0.1, -0.05) is 54.7 Å². The lowest BCUT2D eigenvalue weighted by molar-refractivity contribution is -0.307. The first-order valence-corrected chi connectivity index (χ1v) is 14.2. The quantitative estimate of drug-likeness (QED) is 0.205. The summed E-state index contributed by atoms with van der Waals surface area (Å²) >= 11 is 0. The summed E-state index contributed by atoms with van der Waals surface area (Å²) in [5.41, 5.74) is 0. The van der Waals surface area contributed by atoms with Crippen molar-refractivity contribution in [2.24, 2.45) is 0 Å². The predicted molar refractivity (Wildman–Crippen MR) is 148 cm³/mol. The molecule has 6 N–H and O–H groups in total. The van der Waals surface area contributed by atoms with Crippen LogP contribution in [0.2, 0.25) is 0 Å². The summed E-state index contributed by atoms with van der Waals surface area (Å²) in [7, 11) is 0. The zero-order valence-electron chi connectivity index (χ0n) is 23.3. The molecule has 11 heteroatoms. The minimum atomic E-state index is -1.57. The van der Waals surface area contributed by atoms with Crippen molar-refractivity contribution >= 4 is 5.97 Å². The van der Waals surface area contributed by atoms with Gasteiger partial charge in [0.2, 0.25) is 0 Å². The lowest BCUT2D eigenvalue weighted by atomic mass is 9.94. The van der Waals surface area contributed by atoms with E-state index in [1.54, 1.807) is 42.5 Å². The summed E-state index contributed by atoms with van der Waals surface area (Å²) in [5.74, 6) is -0.467. The molecule has 0 saturated carbocycles. The van der Waals surface area contributed by atoms with Crippen LogP contribution in [0.15, 0.2) is 60.8 Å². The number of aliphatic hydroxyl groups is 6. The van der Waals surface area contributed by atoms with E-state index in [0.29, 0.717) is 25.7 Å². The van der Waals surface area contributed by atoms with E-state index in [2.05, 4.69) is 0 Å². The van der Waals surface area contributed by atoms with Crippen molar-refractivity contribution in [2.45, 2.75) is 113 Å². The van der Waals surface area contributed by atoms with Crippen LogP contribution in [0.5, 0.6) is 0 Å². The molecular weight excluding hydrogens is 536 g/mol. The first kappa shape index (κ1) is 33.3. The normalized spacial score (nSPS) is 40.0. The summed E-state index contributed by atoms with van der Waals surface area (Å²) in [6, 6.07) is 0. The SMILES string of the molecule is C[C@@H]1CCCC=C[C@@H]2O[C@H](C[C@@H](O)CC=CC=C[C@H](O[C@@H]3O[C@H](CO)[C@@H](O)[C@H](O)[C@H]3O)CC=CC=CC(=O)O1)[C@H]2O. The van der Waals surface area contributed by atoms with Crippen molar-refractivity contribution in [1.82, 2.24) is 0 Å². The van der Waals surface area contributed by atoms with Gasteiger partial charge in [-0.05, 0) is 39.0 Å². The van der Waals surface area contributed by atoms with E-state index < -0.39 is 73.8 Å². The zero-order chi connectivity index (χ0) is 29.8. The van der Waals surface area contributed by atoms with Gasteiger partial charge in [0, 0.05) is 12.5 Å². The number of carbonyl (C=O) groups excluding carboxylic acids is 1. The molecule has 2 saturated heterocycles. The molecule has 0 aromatic carbocycles. The second kappa shape index (κ2) is 17.1. The molecule has 11 atom stereocenters. The lowest BCUT2D eigenvalue weighted by Gasteiger charge is -2.41. The zero-order valence-corrected chi connectivity index (χ0v) is 23.3. The van der Waals surface area contributed by atoms with Gasteiger partial charge in [-0.2, -0.15) is 0 Å². The fourth-order valence-corrected chi connectivity index (χ4v) is 4.71. The molecule has 4 aliphatic heterocycles. The van der Waals surface area contributed by atoms with Crippen molar-refractivity contribution < 1.29 is 54.4 Å². The average Bonchev–Trinajstić information content (AvgIpc) is 2.94. The van der Waals surface area contributed by atoms with Crippen LogP contribution in [0.25, 0.3) is 0 Å². The number of aliphatic hydroxyl groups excluding tert-OH is 6. The van der Waals surface area contributed by atoms with Crippen LogP contribution < -0.4 is 0 Å². The number of fused-ring (bicyclic) bond motifs is 15. The topological polar surface area (TPSA) is 175 Å². The molecule has 0 spiro atoms. The smallest absolute Gasteiger partial charge is 0.331 e. The Labute approximate surface area is 240 Å². The van der Waals surface area contributed by atoms with Crippen LogP contribution in [-0.2, 0) is 23.7 Å². The highest BCUT2D eigenvalue weighted by Gasteiger charge is 2.44. The Kier molecular flexibility index (Phi) is 13.9. The summed E-state index contributed by atoms with van der Waals surface area (Å²) in [6.45, 7) is 1.25.